The number of phenolic OH excluding ortho intramolecular Hbond substituents is 1. The van der Waals surface area contributed by atoms with E-state index in [1.807, 2.05) is 6.92 Å². The second-order valence-electron chi connectivity index (χ2n) is 7.43. The second-order valence-corrected chi connectivity index (χ2v) is 7.87. The summed E-state index contributed by atoms with van der Waals surface area (Å²) in [5.41, 5.74) is 2.49. The second kappa shape index (κ2) is 11.0. The minimum Gasteiger partial charge on any atom is -0.504 e. The molecule has 1 N–H and O–H groups in total. The van der Waals surface area contributed by atoms with E-state index >= 15 is 0 Å². The van der Waals surface area contributed by atoms with Crippen molar-refractivity contribution in [2.75, 3.05) is 6.61 Å². The summed E-state index contributed by atoms with van der Waals surface area (Å²) in [6.45, 7) is 5.15. The number of aromatic hydroxyl groups is 1. The van der Waals surface area contributed by atoms with Gasteiger partial charge in [0.25, 0.3) is 0 Å². The number of fused-ring (bicyclic) bond motifs is 1. The van der Waals surface area contributed by atoms with E-state index in [2.05, 4.69) is 9.97 Å². The lowest BCUT2D eigenvalue weighted by atomic mass is 10.1. The van der Waals surface area contributed by atoms with Gasteiger partial charge in [0.05, 0.1) is 29.5 Å². The standard InChI is InChI=1S/C24H25ClN2O6/c1-4-5-10-31-23(29)14(2)33-24(30)15(3)32-22-9-6-16(11-21(22)28)20-13-26-19-12-17(25)7-8-18(19)27-20/h6-9,11-15,28H,4-5,10H2,1-3H3. The van der Waals surface area contributed by atoms with Crippen molar-refractivity contribution in [2.24, 2.45) is 0 Å². The normalized spacial score (nSPS) is 12.7. The van der Waals surface area contributed by atoms with Gasteiger partial charge in [0.1, 0.15) is 0 Å². The molecule has 0 amide bonds. The summed E-state index contributed by atoms with van der Waals surface area (Å²) in [5, 5.41) is 11.0. The highest BCUT2D eigenvalue weighted by molar-refractivity contribution is 6.31. The summed E-state index contributed by atoms with van der Waals surface area (Å²) in [5.74, 6) is -1.47. The molecule has 0 aliphatic rings. The van der Waals surface area contributed by atoms with Gasteiger partial charge in [-0.05, 0) is 56.7 Å². The molecule has 1 heterocycles. The van der Waals surface area contributed by atoms with Crippen LogP contribution in [-0.4, -0.2) is 45.8 Å². The molecule has 0 saturated heterocycles. The molecule has 0 fully saturated rings. The van der Waals surface area contributed by atoms with Gasteiger partial charge in [-0.25, -0.2) is 14.6 Å². The van der Waals surface area contributed by atoms with Crippen molar-refractivity contribution in [3.05, 3.63) is 47.6 Å². The van der Waals surface area contributed by atoms with Crippen molar-refractivity contribution in [3.8, 4) is 22.8 Å². The van der Waals surface area contributed by atoms with Gasteiger partial charge in [-0.15, -0.1) is 0 Å². The molecule has 0 aliphatic heterocycles. The van der Waals surface area contributed by atoms with Crippen molar-refractivity contribution in [2.45, 2.75) is 45.8 Å². The van der Waals surface area contributed by atoms with Crippen LogP contribution in [-0.2, 0) is 19.1 Å². The molecule has 33 heavy (non-hydrogen) atoms. The number of hydrogen-bond donors (Lipinski definition) is 1. The molecule has 3 rings (SSSR count). The van der Waals surface area contributed by atoms with E-state index in [0.29, 0.717) is 27.3 Å². The number of esters is 2. The van der Waals surface area contributed by atoms with E-state index in [1.165, 1.54) is 26.0 Å². The Balaban J connectivity index is 1.64. The zero-order chi connectivity index (χ0) is 24.0. The van der Waals surface area contributed by atoms with E-state index in [0.717, 1.165) is 12.8 Å². The zero-order valence-electron chi connectivity index (χ0n) is 18.6. The fourth-order valence-corrected chi connectivity index (χ4v) is 3.06. The third kappa shape index (κ3) is 6.32. The van der Waals surface area contributed by atoms with Gasteiger partial charge in [0, 0.05) is 10.6 Å². The molecule has 0 bridgehead atoms. The number of aromatic nitrogens is 2. The van der Waals surface area contributed by atoms with Gasteiger partial charge in [-0.3, -0.25) is 4.98 Å². The smallest absolute Gasteiger partial charge is 0.347 e. The Kier molecular flexibility index (Phi) is 8.06. The molecular formula is C24H25ClN2O6. The molecule has 0 spiro atoms. The van der Waals surface area contributed by atoms with Crippen LogP contribution in [0, 0.1) is 0 Å². The van der Waals surface area contributed by atoms with E-state index < -0.39 is 24.1 Å². The highest BCUT2D eigenvalue weighted by Gasteiger charge is 2.25. The highest BCUT2D eigenvalue weighted by Crippen LogP contribution is 2.32. The Labute approximate surface area is 196 Å². The highest BCUT2D eigenvalue weighted by atomic mass is 35.5. The van der Waals surface area contributed by atoms with E-state index in [4.69, 9.17) is 25.8 Å². The molecule has 0 radical (unpaired) electrons. The van der Waals surface area contributed by atoms with Gasteiger partial charge in [-0.1, -0.05) is 24.9 Å². The first-order chi connectivity index (χ1) is 15.8. The van der Waals surface area contributed by atoms with Gasteiger partial charge >= 0.3 is 11.9 Å². The van der Waals surface area contributed by atoms with Crippen molar-refractivity contribution in [3.63, 3.8) is 0 Å². The van der Waals surface area contributed by atoms with E-state index in [-0.39, 0.29) is 18.1 Å². The number of carbonyl (C=O) groups is 2. The number of carbonyl (C=O) groups excluding carboxylic acids is 2. The van der Waals surface area contributed by atoms with Gasteiger partial charge in [-0.2, -0.15) is 0 Å². The number of unbranched alkanes of at least 4 members (excludes halogenated alkanes) is 1. The van der Waals surface area contributed by atoms with E-state index in [1.54, 1.807) is 30.5 Å². The van der Waals surface area contributed by atoms with Crippen LogP contribution in [0.2, 0.25) is 5.02 Å². The number of hydrogen-bond acceptors (Lipinski definition) is 8. The van der Waals surface area contributed by atoms with Gasteiger partial charge in [0.2, 0.25) is 0 Å². The molecule has 2 aromatic carbocycles. The molecule has 2 atom stereocenters. The predicted molar refractivity (Wildman–Crippen MR) is 123 cm³/mol. The third-order valence-electron chi connectivity index (χ3n) is 4.76. The number of phenols is 1. The largest absolute Gasteiger partial charge is 0.504 e. The summed E-state index contributed by atoms with van der Waals surface area (Å²) in [6.07, 6.45) is 1.09. The lowest BCUT2D eigenvalue weighted by Crippen LogP contribution is -2.33. The first kappa shape index (κ1) is 24.3. The maximum atomic E-state index is 12.3. The minimum atomic E-state index is -1.06. The lowest BCUT2D eigenvalue weighted by Gasteiger charge is -2.18. The molecule has 8 nitrogen and oxygen atoms in total. The van der Waals surface area contributed by atoms with Crippen LogP contribution in [0.25, 0.3) is 22.3 Å². The van der Waals surface area contributed by atoms with Crippen LogP contribution >= 0.6 is 11.6 Å². The van der Waals surface area contributed by atoms with E-state index in [9.17, 15) is 14.7 Å². The van der Waals surface area contributed by atoms with Crippen LogP contribution in [0.5, 0.6) is 11.5 Å². The van der Waals surface area contributed by atoms with Crippen LogP contribution in [0.15, 0.2) is 42.6 Å². The Morgan fingerprint density at radius 2 is 1.85 bits per heavy atom. The van der Waals surface area contributed by atoms with Crippen LogP contribution < -0.4 is 4.74 Å². The van der Waals surface area contributed by atoms with Crippen LogP contribution in [0.1, 0.15) is 33.6 Å². The predicted octanol–water partition coefficient (Wildman–Crippen LogP) is 4.70. The van der Waals surface area contributed by atoms with Gasteiger partial charge in [0.15, 0.2) is 23.7 Å². The Morgan fingerprint density at radius 3 is 2.58 bits per heavy atom. The minimum absolute atomic E-state index is 0.0851. The summed E-state index contributed by atoms with van der Waals surface area (Å²) < 4.78 is 15.7. The fraction of sp³-hybridized carbons (Fsp3) is 0.333. The summed E-state index contributed by atoms with van der Waals surface area (Å²) in [6, 6.07) is 9.88. The van der Waals surface area contributed by atoms with Crippen molar-refractivity contribution >= 4 is 34.6 Å². The third-order valence-corrected chi connectivity index (χ3v) is 5.00. The monoisotopic (exact) mass is 472 g/mol. The number of halogens is 1. The first-order valence-electron chi connectivity index (χ1n) is 10.6. The maximum absolute atomic E-state index is 12.3. The molecule has 174 valence electrons. The SMILES string of the molecule is CCCCOC(=O)C(C)OC(=O)C(C)Oc1ccc(-c2cnc3cc(Cl)ccc3n2)cc1O. The number of ether oxygens (including phenoxy) is 3. The van der Waals surface area contributed by atoms with Gasteiger partial charge < -0.3 is 19.3 Å². The number of nitrogens with zero attached hydrogens (tertiary/aromatic N) is 2. The topological polar surface area (TPSA) is 108 Å². The Hall–Kier alpha value is -3.39. The summed E-state index contributed by atoms with van der Waals surface area (Å²) >= 11 is 5.98. The molecule has 0 saturated carbocycles. The number of benzene rings is 2. The van der Waals surface area contributed by atoms with Crippen LogP contribution in [0.3, 0.4) is 0 Å². The quantitative estimate of drug-likeness (QED) is 0.352. The first-order valence-corrected chi connectivity index (χ1v) is 11.0. The zero-order valence-corrected chi connectivity index (χ0v) is 19.3. The van der Waals surface area contributed by atoms with Crippen LogP contribution in [0.4, 0.5) is 0 Å². The molecular weight excluding hydrogens is 448 g/mol. The average molecular weight is 473 g/mol. The molecule has 2 unspecified atom stereocenters. The van der Waals surface area contributed by atoms with Crippen molar-refractivity contribution in [1.29, 1.82) is 0 Å². The fourth-order valence-electron chi connectivity index (χ4n) is 2.89. The summed E-state index contributed by atoms with van der Waals surface area (Å²) in [7, 11) is 0. The van der Waals surface area contributed by atoms with Crippen molar-refractivity contribution in [1.82, 2.24) is 9.97 Å². The molecule has 1 aromatic heterocycles. The summed E-state index contributed by atoms with van der Waals surface area (Å²) in [4.78, 5) is 33.0. The van der Waals surface area contributed by atoms with Crippen molar-refractivity contribution < 1.29 is 28.9 Å². The number of rotatable bonds is 9. The molecule has 3 aromatic rings. The Bertz CT molecular complexity index is 1150. The average Bonchev–Trinajstić information content (AvgIpc) is 2.79. The molecule has 9 heteroatoms. The Morgan fingerprint density at radius 1 is 1.06 bits per heavy atom. The lowest BCUT2D eigenvalue weighted by molar-refractivity contribution is -0.170. The molecule has 0 aliphatic carbocycles. The maximum Gasteiger partial charge on any atom is 0.347 e.